The van der Waals surface area contributed by atoms with Gasteiger partial charge in [0.15, 0.2) is 11.0 Å². The SMILES string of the molecule is CCc1cc(-c2nnc(SCC(=O)Nc3sccc3C(=O)OC)n2C(C)C)cs1. The van der Waals surface area contributed by atoms with Crippen LogP contribution in [0.1, 0.15) is 42.0 Å². The zero-order valence-corrected chi connectivity index (χ0v) is 19.0. The molecule has 0 radical (unpaired) electrons. The summed E-state index contributed by atoms with van der Waals surface area (Å²) in [4.78, 5) is 25.5. The van der Waals surface area contributed by atoms with E-state index in [9.17, 15) is 9.59 Å². The number of thiophene rings is 2. The van der Waals surface area contributed by atoms with Gasteiger partial charge >= 0.3 is 5.97 Å². The molecule has 29 heavy (non-hydrogen) atoms. The van der Waals surface area contributed by atoms with Crippen LogP contribution in [0.5, 0.6) is 0 Å². The number of thioether (sulfide) groups is 1. The Labute approximate surface area is 181 Å². The van der Waals surface area contributed by atoms with E-state index in [2.05, 4.69) is 47.7 Å². The normalized spacial score (nSPS) is 11.1. The summed E-state index contributed by atoms with van der Waals surface area (Å²) in [7, 11) is 1.31. The molecule has 0 atom stereocenters. The fourth-order valence-corrected chi connectivity index (χ4v) is 5.16. The lowest BCUT2D eigenvalue weighted by atomic mass is 10.2. The first-order valence-electron chi connectivity index (χ1n) is 9.05. The molecule has 0 aliphatic carbocycles. The number of hydrogen-bond acceptors (Lipinski definition) is 8. The van der Waals surface area contributed by atoms with Gasteiger partial charge in [-0.15, -0.1) is 32.9 Å². The third-order valence-electron chi connectivity index (χ3n) is 4.10. The molecular weight excluding hydrogens is 428 g/mol. The molecule has 0 fully saturated rings. The van der Waals surface area contributed by atoms with E-state index in [1.807, 2.05) is 4.57 Å². The highest BCUT2D eigenvalue weighted by Gasteiger charge is 2.20. The zero-order chi connectivity index (χ0) is 21.0. The van der Waals surface area contributed by atoms with Crippen LogP contribution < -0.4 is 5.32 Å². The molecule has 0 bridgehead atoms. The maximum absolute atomic E-state index is 12.4. The summed E-state index contributed by atoms with van der Waals surface area (Å²) in [5.41, 5.74) is 1.40. The lowest BCUT2D eigenvalue weighted by molar-refractivity contribution is -0.113. The number of amides is 1. The van der Waals surface area contributed by atoms with Crippen molar-refractivity contribution < 1.29 is 14.3 Å². The molecule has 1 N–H and O–H groups in total. The predicted octanol–water partition coefficient (Wildman–Crippen LogP) is 4.73. The fraction of sp³-hybridized carbons (Fsp3) is 0.368. The molecule has 3 rings (SSSR count). The van der Waals surface area contributed by atoms with Gasteiger partial charge in [-0.25, -0.2) is 4.79 Å². The Balaban J connectivity index is 1.71. The summed E-state index contributed by atoms with van der Waals surface area (Å²) in [6.45, 7) is 6.26. The molecule has 3 aromatic heterocycles. The summed E-state index contributed by atoms with van der Waals surface area (Å²) < 4.78 is 6.78. The molecule has 0 spiro atoms. The molecule has 0 aliphatic heterocycles. The number of aromatic nitrogens is 3. The van der Waals surface area contributed by atoms with Crippen LogP contribution >= 0.6 is 34.4 Å². The second-order valence-corrected chi connectivity index (χ2v) is 9.27. The number of aryl methyl sites for hydroxylation is 1. The second kappa shape index (κ2) is 9.55. The number of hydrogen-bond donors (Lipinski definition) is 1. The lowest BCUT2D eigenvalue weighted by Gasteiger charge is -2.13. The molecule has 0 unspecified atom stereocenters. The standard InChI is InChI=1S/C19H22N4O3S3/c1-5-13-8-12(9-28-13)16-21-22-19(23(16)11(2)3)29-10-15(24)20-17-14(6-7-27-17)18(25)26-4/h6-9,11H,5,10H2,1-4H3,(H,20,24). The summed E-state index contributed by atoms with van der Waals surface area (Å²) in [6.07, 6.45) is 0.985. The van der Waals surface area contributed by atoms with E-state index >= 15 is 0 Å². The molecular formula is C19H22N4O3S3. The van der Waals surface area contributed by atoms with Crippen LogP contribution in [0.15, 0.2) is 28.0 Å². The van der Waals surface area contributed by atoms with E-state index in [-0.39, 0.29) is 17.7 Å². The first kappa shape index (κ1) is 21.5. The largest absolute Gasteiger partial charge is 0.465 e. The highest BCUT2D eigenvalue weighted by molar-refractivity contribution is 7.99. The van der Waals surface area contributed by atoms with Crippen LogP contribution in [0.4, 0.5) is 5.00 Å². The maximum atomic E-state index is 12.4. The Morgan fingerprint density at radius 3 is 2.76 bits per heavy atom. The number of anilines is 1. The van der Waals surface area contributed by atoms with Crippen molar-refractivity contribution >= 4 is 51.3 Å². The van der Waals surface area contributed by atoms with E-state index in [0.29, 0.717) is 15.7 Å². The van der Waals surface area contributed by atoms with Gasteiger partial charge in [-0.1, -0.05) is 18.7 Å². The van der Waals surface area contributed by atoms with Crippen molar-refractivity contribution in [1.82, 2.24) is 14.8 Å². The van der Waals surface area contributed by atoms with Gasteiger partial charge in [-0.2, -0.15) is 0 Å². The van der Waals surface area contributed by atoms with Gasteiger partial charge in [0, 0.05) is 21.9 Å². The van der Waals surface area contributed by atoms with Crippen LogP contribution in [-0.4, -0.2) is 39.5 Å². The van der Waals surface area contributed by atoms with Crippen molar-refractivity contribution in [2.45, 2.75) is 38.4 Å². The highest BCUT2D eigenvalue weighted by atomic mass is 32.2. The quantitative estimate of drug-likeness (QED) is 0.394. The number of carbonyl (C=O) groups excluding carboxylic acids is 2. The molecule has 0 saturated heterocycles. The summed E-state index contributed by atoms with van der Waals surface area (Å²) in [6, 6.07) is 3.92. The summed E-state index contributed by atoms with van der Waals surface area (Å²) in [5, 5.41) is 16.5. The van der Waals surface area contributed by atoms with Crippen LogP contribution in [0, 0.1) is 0 Å². The number of esters is 1. The van der Waals surface area contributed by atoms with Crippen molar-refractivity contribution in [3.63, 3.8) is 0 Å². The van der Waals surface area contributed by atoms with Gasteiger partial charge in [0.2, 0.25) is 5.91 Å². The molecule has 0 saturated carbocycles. The Bertz CT molecular complexity index is 1010. The van der Waals surface area contributed by atoms with E-state index in [1.54, 1.807) is 22.8 Å². The number of carbonyl (C=O) groups is 2. The Hall–Kier alpha value is -2.17. The highest BCUT2D eigenvalue weighted by Crippen LogP contribution is 2.31. The third kappa shape index (κ3) is 4.88. The average molecular weight is 451 g/mol. The van der Waals surface area contributed by atoms with Crippen molar-refractivity contribution in [3.05, 3.63) is 33.3 Å². The third-order valence-corrected chi connectivity index (χ3v) is 6.95. The molecule has 10 heteroatoms. The fourth-order valence-electron chi connectivity index (χ4n) is 2.69. The van der Waals surface area contributed by atoms with Gasteiger partial charge in [0.25, 0.3) is 0 Å². The summed E-state index contributed by atoms with van der Waals surface area (Å²) in [5.74, 6) is 0.282. The number of rotatable bonds is 8. The number of methoxy groups -OCH3 is 1. The van der Waals surface area contributed by atoms with Gasteiger partial charge in [-0.3, -0.25) is 9.36 Å². The topological polar surface area (TPSA) is 86.1 Å². The van der Waals surface area contributed by atoms with Crippen molar-refractivity contribution in [3.8, 4) is 11.4 Å². The Morgan fingerprint density at radius 1 is 1.31 bits per heavy atom. The van der Waals surface area contributed by atoms with E-state index < -0.39 is 5.97 Å². The minimum Gasteiger partial charge on any atom is -0.465 e. The number of nitrogens with zero attached hydrogens (tertiary/aromatic N) is 3. The molecule has 3 heterocycles. The molecule has 0 aromatic carbocycles. The first-order valence-corrected chi connectivity index (χ1v) is 11.8. The minimum absolute atomic E-state index is 0.152. The first-order chi connectivity index (χ1) is 13.9. The zero-order valence-electron chi connectivity index (χ0n) is 16.6. The van der Waals surface area contributed by atoms with Gasteiger partial charge < -0.3 is 10.1 Å². The number of nitrogens with one attached hydrogen (secondary N) is 1. The van der Waals surface area contributed by atoms with Crippen LogP contribution in [-0.2, 0) is 16.0 Å². The van der Waals surface area contributed by atoms with Crippen LogP contribution in [0.2, 0.25) is 0 Å². The Morgan fingerprint density at radius 2 is 2.10 bits per heavy atom. The Kier molecular flexibility index (Phi) is 7.09. The van der Waals surface area contributed by atoms with Crippen molar-refractivity contribution in [2.75, 3.05) is 18.2 Å². The predicted molar refractivity (Wildman–Crippen MR) is 118 cm³/mol. The summed E-state index contributed by atoms with van der Waals surface area (Å²) >= 11 is 4.32. The molecule has 154 valence electrons. The van der Waals surface area contributed by atoms with Crippen LogP contribution in [0.25, 0.3) is 11.4 Å². The average Bonchev–Trinajstić information content (AvgIpc) is 3.44. The minimum atomic E-state index is -0.472. The monoisotopic (exact) mass is 450 g/mol. The van der Waals surface area contributed by atoms with Crippen LogP contribution in [0.3, 0.4) is 0 Å². The van der Waals surface area contributed by atoms with E-state index in [1.165, 1.54) is 35.1 Å². The maximum Gasteiger partial charge on any atom is 0.340 e. The van der Waals surface area contributed by atoms with Gasteiger partial charge in [0.05, 0.1) is 18.4 Å². The molecule has 1 amide bonds. The van der Waals surface area contributed by atoms with Crippen molar-refractivity contribution in [2.24, 2.45) is 0 Å². The molecule has 3 aromatic rings. The molecule has 0 aliphatic rings. The number of ether oxygens (including phenoxy) is 1. The molecule has 7 nitrogen and oxygen atoms in total. The van der Waals surface area contributed by atoms with Crippen molar-refractivity contribution in [1.29, 1.82) is 0 Å². The van der Waals surface area contributed by atoms with Gasteiger partial charge in [-0.05, 0) is 37.8 Å². The lowest BCUT2D eigenvalue weighted by Crippen LogP contribution is -2.16. The van der Waals surface area contributed by atoms with E-state index in [0.717, 1.165) is 17.8 Å². The smallest absolute Gasteiger partial charge is 0.340 e. The van der Waals surface area contributed by atoms with Gasteiger partial charge in [0.1, 0.15) is 5.00 Å². The van der Waals surface area contributed by atoms with E-state index in [4.69, 9.17) is 4.74 Å². The second-order valence-electron chi connectivity index (χ2n) is 6.42.